The molecule has 0 aliphatic carbocycles. The highest BCUT2D eigenvalue weighted by atomic mass is 16.2. The van der Waals surface area contributed by atoms with Crippen LogP contribution in [0.1, 0.15) is 20.7 Å². The minimum absolute atomic E-state index is 0.223. The molecule has 0 aliphatic rings. The Morgan fingerprint density at radius 1 is 0.818 bits per heavy atom. The highest BCUT2D eigenvalue weighted by molar-refractivity contribution is 6.02. The van der Waals surface area contributed by atoms with E-state index in [9.17, 15) is 9.59 Å². The summed E-state index contributed by atoms with van der Waals surface area (Å²) in [7, 11) is 1.52. The maximum Gasteiger partial charge on any atom is 0.256 e. The fourth-order valence-electron chi connectivity index (χ4n) is 3.31. The first-order chi connectivity index (χ1) is 16.0. The van der Waals surface area contributed by atoms with E-state index in [0.717, 1.165) is 16.8 Å². The van der Waals surface area contributed by atoms with E-state index in [-0.39, 0.29) is 28.8 Å². The molecule has 8 nitrogen and oxygen atoms in total. The normalized spacial score (nSPS) is 10.3. The number of carbonyl (C=O) groups is 2. The Labute approximate surface area is 190 Å². The number of benzene rings is 3. The summed E-state index contributed by atoms with van der Waals surface area (Å²) in [5, 5.41) is 8.79. The molecule has 0 saturated heterocycles. The number of hydrogen-bond donors (Lipinski definition) is 4. The van der Waals surface area contributed by atoms with Gasteiger partial charge in [0.15, 0.2) is 0 Å². The lowest BCUT2D eigenvalue weighted by atomic mass is 10.1. The van der Waals surface area contributed by atoms with Crippen LogP contribution in [0.5, 0.6) is 0 Å². The van der Waals surface area contributed by atoms with Gasteiger partial charge < -0.3 is 21.7 Å². The van der Waals surface area contributed by atoms with E-state index < -0.39 is 5.91 Å². The van der Waals surface area contributed by atoms with E-state index in [1.165, 1.54) is 13.2 Å². The number of carbonyl (C=O) groups excluding carboxylic acids is 2. The summed E-state index contributed by atoms with van der Waals surface area (Å²) in [6, 6.07) is 24.6. The summed E-state index contributed by atoms with van der Waals surface area (Å²) in [5.74, 6) is -0.442. The van der Waals surface area contributed by atoms with Crippen LogP contribution in [0.15, 0.2) is 85.1 Å². The average Bonchev–Trinajstić information content (AvgIpc) is 2.85. The number of nitrogens with two attached hydrogens (primary N) is 1. The van der Waals surface area contributed by atoms with Gasteiger partial charge in [-0.3, -0.25) is 9.59 Å². The van der Waals surface area contributed by atoms with Crippen molar-refractivity contribution in [3.05, 3.63) is 96.2 Å². The number of nitrogens with zero attached hydrogens (tertiary/aromatic N) is 2. The molecule has 33 heavy (non-hydrogen) atoms. The topological polar surface area (TPSA) is 122 Å². The van der Waals surface area contributed by atoms with Gasteiger partial charge in [0.25, 0.3) is 11.8 Å². The monoisotopic (exact) mass is 438 g/mol. The molecule has 0 atom stereocenters. The zero-order valence-corrected chi connectivity index (χ0v) is 17.9. The van der Waals surface area contributed by atoms with Crippen molar-refractivity contribution < 1.29 is 9.59 Å². The van der Waals surface area contributed by atoms with E-state index in [1.807, 2.05) is 54.6 Å². The summed E-state index contributed by atoms with van der Waals surface area (Å²) in [6.07, 6.45) is 1.42. The molecule has 0 radical (unpaired) electrons. The highest BCUT2D eigenvalue weighted by Gasteiger charge is 2.16. The van der Waals surface area contributed by atoms with Gasteiger partial charge in [-0.05, 0) is 35.4 Å². The Bertz CT molecular complexity index is 1310. The van der Waals surface area contributed by atoms with E-state index >= 15 is 0 Å². The van der Waals surface area contributed by atoms with Crippen LogP contribution in [0.25, 0.3) is 11.1 Å². The summed E-state index contributed by atoms with van der Waals surface area (Å²) >= 11 is 0. The molecule has 3 aromatic carbocycles. The lowest BCUT2D eigenvalue weighted by Gasteiger charge is -2.14. The Kier molecular flexibility index (Phi) is 6.26. The first-order valence-corrected chi connectivity index (χ1v) is 10.2. The minimum atomic E-state index is -0.593. The average molecular weight is 438 g/mol. The molecule has 0 spiro atoms. The number of para-hydroxylation sites is 1. The number of rotatable bonds is 7. The van der Waals surface area contributed by atoms with Crippen LogP contribution in [0.3, 0.4) is 0 Å². The summed E-state index contributed by atoms with van der Waals surface area (Å²) in [6.45, 7) is 0. The molecule has 4 aromatic rings. The fourth-order valence-corrected chi connectivity index (χ4v) is 3.31. The highest BCUT2D eigenvalue weighted by Crippen LogP contribution is 2.26. The van der Waals surface area contributed by atoms with Gasteiger partial charge in [0.05, 0.1) is 11.3 Å². The van der Waals surface area contributed by atoms with Crippen molar-refractivity contribution in [2.75, 3.05) is 17.7 Å². The van der Waals surface area contributed by atoms with Crippen molar-refractivity contribution in [3.63, 3.8) is 0 Å². The quantitative estimate of drug-likeness (QED) is 0.345. The van der Waals surface area contributed by atoms with Gasteiger partial charge in [0.2, 0.25) is 5.95 Å². The molecule has 2 amide bonds. The molecule has 0 saturated carbocycles. The number of hydrogen-bond acceptors (Lipinski definition) is 6. The van der Waals surface area contributed by atoms with Crippen molar-refractivity contribution in [2.24, 2.45) is 5.73 Å². The number of nitrogens with one attached hydrogen (secondary N) is 3. The van der Waals surface area contributed by atoms with Crippen LogP contribution in [0, 0.1) is 0 Å². The van der Waals surface area contributed by atoms with Crippen LogP contribution in [0.4, 0.5) is 23.1 Å². The molecule has 0 unspecified atom stereocenters. The van der Waals surface area contributed by atoms with Gasteiger partial charge in [-0.15, -0.1) is 0 Å². The number of amides is 2. The van der Waals surface area contributed by atoms with Crippen LogP contribution in [-0.4, -0.2) is 28.8 Å². The lowest BCUT2D eigenvalue weighted by Crippen LogP contribution is -2.21. The summed E-state index contributed by atoms with van der Waals surface area (Å²) in [4.78, 5) is 33.0. The van der Waals surface area contributed by atoms with Crippen molar-refractivity contribution in [1.29, 1.82) is 0 Å². The van der Waals surface area contributed by atoms with Gasteiger partial charge >= 0.3 is 0 Å². The van der Waals surface area contributed by atoms with E-state index in [0.29, 0.717) is 5.69 Å². The molecule has 4 rings (SSSR count). The van der Waals surface area contributed by atoms with Crippen LogP contribution >= 0.6 is 0 Å². The second-order valence-electron chi connectivity index (χ2n) is 7.14. The summed E-state index contributed by atoms with van der Waals surface area (Å²) in [5.41, 5.74) is 9.33. The van der Waals surface area contributed by atoms with Crippen molar-refractivity contribution >= 4 is 35.0 Å². The maximum atomic E-state index is 12.4. The number of aromatic nitrogens is 2. The SMILES string of the molecule is CNC(=O)c1cnc(Nc2cccc(-c3ccccc3)c2)nc1Nc1ccccc1C(N)=O. The predicted octanol–water partition coefficient (Wildman–Crippen LogP) is 4.09. The zero-order valence-electron chi connectivity index (χ0n) is 17.9. The molecule has 1 heterocycles. The van der Waals surface area contributed by atoms with Crippen LogP contribution < -0.4 is 21.7 Å². The van der Waals surface area contributed by atoms with Gasteiger partial charge in [-0.25, -0.2) is 4.98 Å². The fraction of sp³-hybridized carbons (Fsp3) is 0.0400. The van der Waals surface area contributed by atoms with Gasteiger partial charge in [-0.1, -0.05) is 54.6 Å². The van der Waals surface area contributed by atoms with E-state index in [1.54, 1.807) is 24.3 Å². The largest absolute Gasteiger partial charge is 0.366 e. The smallest absolute Gasteiger partial charge is 0.256 e. The molecular formula is C25H22N6O2. The molecule has 0 bridgehead atoms. The van der Waals surface area contributed by atoms with E-state index in [4.69, 9.17) is 5.73 Å². The molecule has 0 aliphatic heterocycles. The molecule has 8 heteroatoms. The van der Waals surface area contributed by atoms with Gasteiger partial charge in [-0.2, -0.15) is 4.98 Å². The standard InChI is InChI=1S/C25H22N6O2/c1-27-24(33)20-15-28-25(31-23(20)30-21-13-6-5-12-19(21)22(26)32)29-18-11-7-10-17(14-18)16-8-3-2-4-9-16/h2-15H,1H3,(H2,26,32)(H,27,33)(H2,28,29,30,31). The zero-order chi connectivity index (χ0) is 23.2. The maximum absolute atomic E-state index is 12.4. The Morgan fingerprint density at radius 2 is 1.55 bits per heavy atom. The number of primary amides is 1. The summed E-state index contributed by atoms with van der Waals surface area (Å²) < 4.78 is 0. The Hall–Kier alpha value is -4.72. The third kappa shape index (κ3) is 4.96. The molecular weight excluding hydrogens is 416 g/mol. The lowest BCUT2D eigenvalue weighted by molar-refractivity contribution is 0.0962. The molecule has 5 N–H and O–H groups in total. The minimum Gasteiger partial charge on any atom is -0.366 e. The first-order valence-electron chi connectivity index (χ1n) is 10.2. The van der Waals surface area contributed by atoms with Crippen molar-refractivity contribution in [1.82, 2.24) is 15.3 Å². The molecule has 0 fully saturated rings. The molecule has 1 aromatic heterocycles. The second-order valence-corrected chi connectivity index (χ2v) is 7.14. The van der Waals surface area contributed by atoms with Crippen LogP contribution in [-0.2, 0) is 0 Å². The third-order valence-electron chi connectivity index (χ3n) is 4.93. The Morgan fingerprint density at radius 3 is 2.30 bits per heavy atom. The van der Waals surface area contributed by atoms with Crippen molar-refractivity contribution in [3.8, 4) is 11.1 Å². The first kappa shape index (κ1) is 21.5. The van der Waals surface area contributed by atoms with Crippen LogP contribution in [0.2, 0.25) is 0 Å². The third-order valence-corrected chi connectivity index (χ3v) is 4.93. The second kappa shape index (κ2) is 9.61. The van der Waals surface area contributed by atoms with Crippen molar-refractivity contribution in [2.45, 2.75) is 0 Å². The van der Waals surface area contributed by atoms with Gasteiger partial charge in [0, 0.05) is 18.9 Å². The predicted molar refractivity (Wildman–Crippen MR) is 129 cm³/mol. The van der Waals surface area contributed by atoms with Gasteiger partial charge in [0.1, 0.15) is 11.4 Å². The molecule has 164 valence electrons. The number of anilines is 4. The van der Waals surface area contributed by atoms with E-state index in [2.05, 4.69) is 25.9 Å². The Balaban J connectivity index is 1.67.